The lowest BCUT2D eigenvalue weighted by atomic mass is 10.1. The summed E-state index contributed by atoms with van der Waals surface area (Å²) in [6.07, 6.45) is 0.558. The molecule has 1 aromatic rings. The first-order valence-electron chi connectivity index (χ1n) is 5.77. The maximum absolute atomic E-state index is 11.5. The number of aromatic hydroxyl groups is 1. The van der Waals surface area contributed by atoms with Crippen LogP contribution in [0.15, 0.2) is 24.3 Å². The number of amides is 1. The first-order chi connectivity index (χ1) is 8.49. The van der Waals surface area contributed by atoms with Gasteiger partial charge >= 0.3 is 5.97 Å². The summed E-state index contributed by atoms with van der Waals surface area (Å²) in [7, 11) is 0. The molecule has 18 heavy (non-hydrogen) atoms. The summed E-state index contributed by atoms with van der Waals surface area (Å²) in [6, 6.07) is 6.44. The third-order valence-corrected chi connectivity index (χ3v) is 2.50. The van der Waals surface area contributed by atoms with Gasteiger partial charge in [0.25, 0.3) is 0 Å². The smallest absolute Gasteiger partial charge is 0.305 e. The molecular weight excluding hydrogens is 234 g/mol. The second-order valence-corrected chi connectivity index (χ2v) is 4.20. The first kappa shape index (κ1) is 14.0. The number of phenols is 1. The van der Waals surface area contributed by atoms with Gasteiger partial charge in [0.15, 0.2) is 0 Å². The van der Waals surface area contributed by atoms with E-state index < -0.39 is 5.97 Å². The van der Waals surface area contributed by atoms with Crippen LogP contribution in [0.5, 0.6) is 5.75 Å². The van der Waals surface area contributed by atoms with Gasteiger partial charge in [0.05, 0.1) is 6.42 Å². The molecule has 0 saturated heterocycles. The third-order valence-electron chi connectivity index (χ3n) is 2.50. The van der Waals surface area contributed by atoms with Crippen molar-refractivity contribution in [2.45, 2.75) is 32.2 Å². The number of aliphatic carboxylic acids is 1. The lowest BCUT2D eigenvalue weighted by molar-refractivity contribution is -0.137. The molecule has 0 aromatic heterocycles. The molecule has 0 aliphatic heterocycles. The minimum Gasteiger partial charge on any atom is -0.508 e. The second-order valence-electron chi connectivity index (χ2n) is 4.20. The molecule has 98 valence electrons. The van der Waals surface area contributed by atoms with Crippen LogP contribution in [-0.2, 0) is 16.0 Å². The zero-order valence-electron chi connectivity index (χ0n) is 10.2. The van der Waals surface area contributed by atoms with E-state index in [1.54, 1.807) is 31.2 Å². The minimum atomic E-state index is -0.941. The third kappa shape index (κ3) is 4.86. The summed E-state index contributed by atoms with van der Waals surface area (Å²) in [5.74, 6) is -0.987. The van der Waals surface area contributed by atoms with Crippen LogP contribution in [-0.4, -0.2) is 28.1 Å². The number of carboxylic acid groups (broad SMARTS) is 1. The molecule has 5 heteroatoms. The zero-order chi connectivity index (χ0) is 13.5. The molecule has 0 heterocycles. The van der Waals surface area contributed by atoms with Crippen LogP contribution in [0, 0.1) is 0 Å². The molecule has 0 aliphatic rings. The molecular formula is C13H17NO4. The van der Waals surface area contributed by atoms with Crippen LogP contribution in [0.2, 0.25) is 0 Å². The number of benzene rings is 1. The summed E-state index contributed by atoms with van der Waals surface area (Å²) in [5, 5.41) is 20.7. The van der Waals surface area contributed by atoms with Crippen molar-refractivity contribution in [2.24, 2.45) is 0 Å². The highest BCUT2D eigenvalue weighted by Crippen LogP contribution is 2.17. The molecule has 1 unspecified atom stereocenters. The molecule has 3 N–H and O–H groups in total. The van der Waals surface area contributed by atoms with Gasteiger partial charge in [0, 0.05) is 12.5 Å². The molecule has 1 rings (SSSR count). The predicted molar refractivity (Wildman–Crippen MR) is 66.3 cm³/mol. The van der Waals surface area contributed by atoms with E-state index in [1.807, 2.05) is 0 Å². The second kappa shape index (κ2) is 6.64. The number of hydrogen-bond acceptors (Lipinski definition) is 3. The Morgan fingerprint density at radius 1 is 1.33 bits per heavy atom. The van der Waals surface area contributed by atoms with E-state index in [9.17, 15) is 14.7 Å². The van der Waals surface area contributed by atoms with Crippen molar-refractivity contribution in [2.75, 3.05) is 0 Å². The molecule has 0 bridgehead atoms. The van der Waals surface area contributed by atoms with E-state index in [-0.39, 0.29) is 30.5 Å². The maximum Gasteiger partial charge on any atom is 0.305 e. The zero-order valence-corrected chi connectivity index (χ0v) is 10.2. The fourth-order valence-electron chi connectivity index (χ4n) is 1.63. The van der Waals surface area contributed by atoms with Crippen molar-refractivity contribution in [3.05, 3.63) is 29.8 Å². The van der Waals surface area contributed by atoms with E-state index in [0.29, 0.717) is 12.0 Å². The van der Waals surface area contributed by atoms with E-state index in [2.05, 4.69) is 5.32 Å². The van der Waals surface area contributed by atoms with Gasteiger partial charge in [-0.05, 0) is 25.0 Å². The molecule has 1 amide bonds. The fraction of sp³-hybridized carbons (Fsp3) is 0.385. The lowest BCUT2D eigenvalue weighted by Crippen LogP contribution is -2.34. The Morgan fingerprint density at radius 2 is 2.00 bits per heavy atom. The minimum absolute atomic E-state index is 0.0949. The van der Waals surface area contributed by atoms with E-state index >= 15 is 0 Å². The van der Waals surface area contributed by atoms with Gasteiger partial charge in [-0.3, -0.25) is 9.59 Å². The van der Waals surface area contributed by atoms with Gasteiger partial charge < -0.3 is 15.5 Å². The number of hydrogen-bond donors (Lipinski definition) is 3. The monoisotopic (exact) mass is 251 g/mol. The number of para-hydroxylation sites is 1. The van der Waals surface area contributed by atoms with Crippen LogP contribution >= 0.6 is 0 Å². The van der Waals surface area contributed by atoms with E-state index in [1.165, 1.54) is 0 Å². The standard InChI is InChI=1S/C13H17NO4/c1-9(8-13(17)18)14-12(16)7-6-10-4-2-3-5-11(10)15/h2-5,9,15H,6-8H2,1H3,(H,14,16)(H,17,18). The van der Waals surface area contributed by atoms with Gasteiger partial charge in [0.1, 0.15) is 5.75 Å². The Hall–Kier alpha value is -2.04. The molecule has 1 aromatic carbocycles. The molecule has 5 nitrogen and oxygen atoms in total. The molecule has 0 saturated carbocycles. The molecule has 0 spiro atoms. The van der Waals surface area contributed by atoms with Crippen LogP contribution in [0.25, 0.3) is 0 Å². The van der Waals surface area contributed by atoms with Crippen molar-refractivity contribution in [3.63, 3.8) is 0 Å². The predicted octanol–water partition coefficient (Wildman–Crippen LogP) is 1.30. The van der Waals surface area contributed by atoms with Gasteiger partial charge in [-0.25, -0.2) is 0 Å². The summed E-state index contributed by atoms with van der Waals surface area (Å²) in [4.78, 5) is 22.0. The normalized spacial score (nSPS) is 11.8. The average Bonchev–Trinajstić information content (AvgIpc) is 2.26. The first-order valence-corrected chi connectivity index (χ1v) is 5.77. The Morgan fingerprint density at radius 3 is 2.61 bits per heavy atom. The number of rotatable bonds is 6. The largest absolute Gasteiger partial charge is 0.508 e. The summed E-state index contributed by atoms with van der Waals surface area (Å²) < 4.78 is 0. The highest BCUT2D eigenvalue weighted by atomic mass is 16.4. The van der Waals surface area contributed by atoms with Crippen molar-refractivity contribution >= 4 is 11.9 Å². The van der Waals surface area contributed by atoms with E-state index in [0.717, 1.165) is 0 Å². The van der Waals surface area contributed by atoms with Crippen LogP contribution in [0.1, 0.15) is 25.3 Å². The van der Waals surface area contributed by atoms with E-state index in [4.69, 9.17) is 5.11 Å². The van der Waals surface area contributed by atoms with Crippen LogP contribution in [0.4, 0.5) is 0 Å². The van der Waals surface area contributed by atoms with Crippen molar-refractivity contribution in [1.29, 1.82) is 0 Å². The van der Waals surface area contributed by atoms with Gasteiger partial charge in [-0.2, -0.15) is 0 Å². The molecule has 0 aliphatic carbocycles. The summed E-state index contributed by atoms with van der Waals surface area (Å²) in [5.41, 5.74) is 0.707. The Bertz CT molecular complexity index is 431. The number of carboxylic acids is 1. The van der Waals surface area contributed by atoms with Gasteiger partial charge in [-0.15, -0.1) is 0 Å². The topological polar surface area (TPSA) is 86.6 Å². The van der Waals surface area contributed by atoms with Crippen LogP contribution in [0.3, 0.4) is 0 Å². The van der Waals surface area contributed by atoms with Crippen LogP contribution < -0.4 is 5.32 Å². The quantitative estimate of drug-likeness (QED) is 0.711. The van der Waals surface area contributed by atoms with Crippen molar-refractivity contribution in [1.82, 2.24) is 5.32 Å². The van der Waals surface area contributed by atoms with Gasteiger partial charge in [-0.1, -0.05) is 18.2 Å². The molecule has 0 radical (unpaired) electrons. The number of carbonyl (C=O) groups excluding carboxylic acids is 1. The number of aryl methyl sites for hydroxylation is 1. The van der Waals surface area contributed by atoms with Crippen molar-refractivity contribution < 1.29 is 19.8 Å². The summed E-state index contributed by atoms with van der Waals surface area (Å²) in [6.45, 7) is 1.64. The summed E-state index contributed by atoms with van der Waals surface area (Å²) >= 11 is 0. The lowest BCUT2D eigenvalue weighted by Gasteiger charge is -2.11. The Kier molecular flexibility index (Phi) is 5.17. The van der Waals surface area contributed by atoms with Gasteiger partial charge in [0.2, 0.25) is 5.91 Å². The average molecular weight is 251 g/mol. The molecule has 0 fully saturated rings. The highest BCUT2D eigenvalue weighted by Gasteiger charge is 2.11. The Balaban J connectivity index is 2.38. The highest BCUT2D eigenvalue weighted by molar-refractivity contribution is 5.77. The number of phenolic OH excluding ortho intramolecular Hbond substituents is 1. The fourth-order valence-corrected chi connectivity index (χ4v) is 1.63. The van der Waals surface area contributed by atoms with Crippen molar-refractivity contribution in [3.8, 4) is 5.75 Å². The SMILES string of the molecule is CC(CC(=O)O)NC(=O)CCc1ccccc1O. The Labute approximate surface area is 105 Å². The number of nitrogens with one attached hydrogen (secondary N) is 1. The maximum atomic E-state index is 11.5. The molecule has 1 atom stereocenters. The number of carbonyl (C=O) groups is 2.